The zero-order chi connectivity index (χ0) is 13.1. The molecule has 0 fully saturated rings. The van der Waals surface area contributed by atoms with Crippen molar-refractivity contribution < 1.29 is 23.9 Å². The Kier molecular flexibility index (Phi) is 3.93. The number of hydrogen-bond acceptors (Lipinski definition) is 6. The van der Waals surface area contributed by atoms with Gasteiger partial charge in [-0.05, 0) is 25.9 Å². The highest BCUT2D eigenvalue weighted by Crippen LogP contribution is 2.09. The Morgan fingerprint density at radius 3 is 2.65 bits per heavy atom. The minimum atomic E-state index is -0.618. The van der Waals surface area contributed by atoms with Gasteiger partial charge in [0.15, 0.2) is 0 Å². The normalized spacial score (nSPS) is 19.1. The van der Waals surface area contributed by atoms with Crippen LogP contribution in [0.25, 0.3) is 0 Å². The predicted octanol–water partition coefficient (Wildman–Crippen LogP) is 0.786. The van der Waals surface area contributed by atoms with Gasteiger partial charge in [-0.15, -0.1) is 0 Å². The van der Waals surface area contributed by atoms with Gasteiger partial charge in [-0.2, -0.15) is 0 Å². The molecule has 0 radical (unpaired) electrons. The molecule has 0 aliphatic carbocycles. The summed E-state index contributed by atoms with van der Waals surface area (Å²) in [6, 6.07) is -0.603. The number of carbonyl (C=O) groups excluding carboxylic acids is 2. The van der Waals surface area contributed by atoms with Gasteiger partial charge in [0.05, 0.1) is 0 Å². The van der Waals surface area contributed by atoms with Crippen LogP contribution in [-0.4, -0.2) is 36.2 Å². The van der Waals surface area contributed by atoms with Crippen molar-refractivity contribution in [3.05, 3.63) is 0 Å². The Morgan fingerprint density at radius 2 is 2.12 bits per heavy atom. The molecule has 1 amide bonds. The summed E-state index contributed by atoms with van der Waals surface area (Å²) in [6.07, 6.45) is -0.618. The molecule has 1 aliphatic heterocycles. The number of esters is 1. The van der Waals surface area contributed by atoms with E-state index < -0.39 is 23.7 Å². The number of nitrogens with zero attached hydrogens (tertiary/aromatic N) is 1. The Bertz CT molecular complexity index is 345. The van der Waals surface area contributed by atoms with E-state index in [0.29, 0.717) is 0 Å². The van der Waals surface area contributed by atoms with Crippen molar-refractivity contribution in [2.24, 2.45) is 5.16 Å². The maximum Gasteiger partial charge on any atom is 0.408 e. The zero-order valence-electron chi connectivity index (χ0n) is 10.3. The molecule has 1 aliphatic rings. The largest absolute Gasteiger partial charge is 0.444 e. The molecular formula is C10H16N2O5. The lowest BCUT2D eigenvalue weighted by molar-refractivity contribution is -0.133. The molecule has 1 atom stereocenters. The van der Waals surface area contributed by atoms with E-state index in [4.69, 9.17) is 14.3 Å². The maximum absolute atomic E-state index is 11.5. The summed E-state index contributed by atoms with van der Waals surface area (Å²) in [5, 5.41) is 6.01. The fraction of sp³-hybridized carbons (Fsp3) is 0.700. The van der Waals surface area contributed by atoms with Crippen molar-refractivity contribution in [1.29, 1.82) is 0 Å². The van der Waals surface area contributed by atoms with Gasteiger partial charge in [0.25, 0.3) is 5.90 Å². The summed E-state index contributed by atoms with van der Waals surface area (Å²) < 4.78 is 9.82. The third-order valence-corrected chi connectivity index (χ3v) is 1.63. The van der Waals surface area contributed by atoms with Crippen molar-refractivity contribution in [2.45, 2.75) is 39.3 Å². The van der Waals surface area contributed by atoms with Crippen LogP contribution >= 0.6 is 0 Å². The minimum absolute atomic E-state index is 0.0309. The van der Waals surface area contributed by atoms with Crippen molar-refractivity contribution in [3.63, 3.8) is 0 Å². The van der Waals surface area contributed by atoms with Gasteiger partial charge >= 0.3 is 12.1 Å². The van der Waals surface area contributed by atoms with Gasteiger partial charge in [0.2, 0.25) is 0 Å². The van der Waals surface area contributed by atoms with E-state index in [1.807, 2.05) is 0 Å². The number of rotatable bonds is 1. The zero-order valence-corrected chi connectivity index (χ0v) is 10.3. The van der Waals surface area contributed by atoms with Gasteiger partial charge in [0, 0.05) is 6.92 Å². The maximum atomic E-state index is 11.5. The average Bonchev–Trinajstić information content (AvgIpc) is 2.47. The fourth-order valence-electron chi connectivity index (χ4n) is 1.10. The first-order valence-electron chi connectivity index (χ1n) is 5.16. The van der Waals surface area contributed by atoms with E-state index in [2.05, 4.69) is 10.5 Å². The molecule has 0 aromatic carbocycles. The molecule has 0 saturated carbocycles. The first-order chi connectivity index (χ1) is 7.78. The summed E-state index contributed by atoms with van der Waals surface area (Å²) in [6.45, 7) is 6.60. The van der Waals surface area contributed by atoms with Crippen LogP contribution in [0.5, 0.6) is 0 Å². The van der Waals surface area contributed by atoms with Crippen molar-refractivity contribution >= 4 is 18.0 Å². The molecule has 7 nitrogen and oxygen atoms in total. The third kappa shape index (κ3) is 4.71. The van der Waals surface area contributed by atoms with E-state index in [0.717, 1.165) is 0 Å². The molecule has 0 saturated heterocycles. The van der Waals surface area contributed by atoms with Crippen LogP contribution in [0.15, 0.2) is 5.16 Å². The number of alkyl carbamates (subject to hydrolysis) is 1. The van der Waals surface area contributed by atoms with Crippen LogP contribution < -0.4 is 5.32 Å². The summed E-state index contributed by atoms with van der Waals surface area (Å²) >= 11 is 0. The van der Waals surface area contributed by atoms with Crippen molar-refractivity contribution in [2.75, 3.05) is 6.61 Å². The average molecular weight is 244 g/mol. The first-order valence-corrected chi connectivity index (χ1v) is 5.16. The second-order valence-corrected chi connectivity index (χ2v) is 4.52. The monoisotopic (exact) mass is 244 g/mol. The van der Waals surface area contributed by atoms with Gasteiger partial charge < -0.3 is 19.6 Å². The molecule has 0 spiro atoms. The second-order valence-electron chi connectivity index (χ2n) is 4.52. The molecular weight excluding hydrogens is 228 g/mol. The van der Waals surface area contributed by atoms with Crippen molar-refractivity contribution in [3.8, 4) is 0 Å². The molecule has 17 heavy (non-hydrogen) atoms. The first kappa shape index (κ1) is 13.3. The number of amides is 1. The summed E-state index contributed by atoms with van der Waals surface area (Å²) in [5.41, 5.74) is -0.595. The second kappa shape index (κ2) is 5.03. The highest BCUT2D eigenvalue weighted by Gasteiger charge is 2.29. The van der Waals surface area contributed by atoms with E-state index in [1.165, 1.54) is 6.92 Å². The Labute approximate surface area is 99.1 Å². The van der Waals surface area contributed by atoms with E-state index in [1.54, 1.807) is 20.8 Å². The minimum Gasteiger partial charge on any atom is -0.444 e. The molecule has 0 bridgehead atoms. The Hall–Kier alpha value is -1.79. The number of oxime groups is 1. The SMILES string of the molecule is CC(=O)OC1=NOC[C@H]1NC(=O)OC(C)(C)C. The van der Waals surface area contributed by atoms with Gasteiger partial charge in [-0.1, -0.05) is 0 Å². The molecule has 1 rings (SSSR count). The molecule has 96 valence electrons. The summed E-state index contributed by atoms with van der Waals surface area (Å²) in [7, 11) is 0. The quantitative estimate of drug-likeness (QED) is 0.689. The third-order valence-electron chi connectivity index (χ3n) is 1.63. The van der Waals surface area contributed by atoms with Crippen molar-refractivity contribution in [1.82, 2.24) is 5.32 Å². The summed E-state index contributed by atoms with van der Waals surface area (Å²) in [5.74, 6) is -0.492. The molecule has 1 heterocycles. The van der Waals surface area contributed by atoms with Gasteiger partial charge in [-0.3, -0.25) is 4.79 Å². The van der Waals surface area contributed by atoms with Gasteiger partial charge in [0.1, 0.15) is 18.2 Å². The Balaban J connectivity index is 2.49. The summed E-state index contributed by atoms with van der Waals surface area (Å²) in [4.78, 5) is 27.0. The molecule has 7 heteroatoms. The number of ether oxygens (including phenoxy) is 2. The lowest BCUT2D eigenvalue weighted by Gasteiger charge is -2.21. The highest BCUT2D eigenvalue weighted by atomic mass is 16.7. The molecule has 0 unspecified atom stereocenters. The standard InChI is InChI=1S/C10H16N2O5/c1-6(13)16-8-7(5-15-12-8)11-9(14)17-10(2,3)4/h7H,5H2,1-4H3,(H,11,14)/t7-/m1/s1. The lowest BCUT2D eigenvalue weighted by Crippen LogP contribution is -2.44. The predicted molar refractivity (Wildman–Crippen MR) is 58.3 cm³/mol. The number of hydrogen-bond donors (Lipinski definition) is 1. The Morgan fingerprint density at radius 1 is 1.47 bits per heavy atom. The van der Waals surface area contributed by atoms with E-state index in [-0.39, 0.29) is 12.5 Å². The smallest absolute Gasteiger partial charge is 0.408 e. The van der Waals surface area contributed by atoms with Crippen LogP contribution in [0, 0.1) is 0 Å². The fourth-order valence-corrected chi connectivity index (χ4v) is 1.10. The number of nitrogens with one attached hydrogen (secondary N) is 1. The van der Waals surface area contributed by atoms with Crippen LogP contribution in [0.2, 0.25) is 0 Å². The molecule has 1 N–H and O–H groups in total. The van der Waals surface area contributed by atoms with Crippen LogP contribution in [0.3, 0.4) is 0 Å². The van der Waals surface area contributed by atoms with Gasteiger partial charge in [-0.25, -0.2) is 4.79 Å². The topological polar surface area (TPSA) is 86.2 Å². The lowest BCUT2D eigenvalue weighted by atomic mass is 10.2. The highest BCUT2D eigenvalue weighted by molar-refractivity contribution is 5.93. The van der Waals surface area contributed by atoms with Crippen LogP contribution in [0.1, 0.15) is 27.7 Å². The van der Waals surface area contributed by atoms with Crippen LogP contribution in [-0.2, 0) is 19.1 Å². The number of carbonyl (C=O) groups is 2. The molecule has 0 aromatic rings. The molecule has 0 aromatic heterocycles. The van der Waals surface area contributed by atoms with E-state index >= 15 is 0 Å². The van der Waals surface area contributed by atoms with E-state index in [9.17, 15) is 9.59 Å². The van der Waals surface area contributed by atoms with Crippen LogP contribution in [0.4, 0.5) is 4.79 Å².